The fourth-order valence-corrected chi connectivity index (χ4v) is 12.2. The van der Waals surface area contributed by atoms with Crippen LogP contribution in [0, 0.1) is 23.2 Å². The van der Waals surface area contributed by atoms with E-state index in [1.165, 1.54) is 5.56 Å². The molecule has 2 aromatic carbocycles. The summed E-state index contributed by atoms with van der Waals surface area (Å²) < 4.78 is 0. The topological polar surface area (TPSA) is 147 Å². The van der Waals surface area contributed by atoms with Crippen LogP contribution in [-0.4, -0.2) is 118 Å². The highest BCUT2D eigenvalue weighted by Gasteiger charge is 2.53. The van der Waals surface area contributed by atoms with E-state index in [0.29, 0.717) is 31.5 Å². The van der Waals surface area contributed by atoms with Gasteiger partial charge in [-0.15, -0.1) is 11.3 Å². The summed E-state index contributed by atoms with van der Waals surface area (Å²) in [7, 11) is 0. The van der Waals surface area contributed by atoms with Crippen LogP contribution in [0.15, 0.2) is 54.0 Å². The molecular weight excluding hydrogens is 811 g/mol. The Morgan fingerprint density at radius 2 is 1.57 bits per heavy atom. The van der Waals surface area contributed by atoms with E-state index in [4.69, 9.17) is 0 Å². The van der Waals surface area contributed by atoms with Crippen LogP contribution in [0.2, 0.25) is 0 Å². The van der Waals surface area contributed by atoms with Crippen LogP contribution in [0.5, 0.6) is 0 Å². The Balaban J connectivity index is 0.863. The molecule has 13 heteroatoms. The van der Waals surface area contributed by atoms with E-state index >= 15 is 0 Å². The Morgan fingerprint density at radius 3 is 2.16 bits per heavy atom. The maximum atomic E-state index is 14.3. The van der Waals surface area contributed by atoms with Crippen LogP contribution in [0.4, 0.5) is 0 Å². The molecule has 4 aliphatic rings. The van der Waals surface area contributed by atoms with E-state index in [1.54, 1.807) is 16.2 Å². The van der Waals surface area contributed by atoms with Gasteiger partial charge in [-0.2, -0.15) is 0 Å². The average molecular weight is 882 g/mol. The number of hydrogen-bond donors (Lipinski definition) is 4. The normalized spacial score (nSPS) is 23.2. The lowest BCUT2D eigenvalue weighted by atomic mass is 9.52. The van der Waals surface area contributed by atoms with Gasteiger partial charge in [-0.25, -0.2) is 4.98 Å². The summed E-state index contributed by atoms with van der Waals surface area (Å²) in [6.07, 6.45) is 7.54. The van der Waals surface area contributed by atoms with Gasteiger partial charge in [-0.05, 0) is 110 Å². The van der Waals surface area contributed by atoms with Gasteiger partial charge >= 0.3 is 0 Å². The second-order valence-corrected chi connectivity index (χ2v) is 22.1. The van der Waals surface area contributed by atoms with Crippen molar-refractivity contribution < 1.29 is 24.3 Å². The third kappa shape index (κ3) is 10.7. The number of amides is 4. The van der Waals surface area contributed by atoms with Gasteiger partial charge in [-0.3, -0.25) is 24.1 Å². The van der Waals surface area contributed by atoms with Crippen molar-refractivity contribution in [3.63, 3.8) is 0 Å². The van der Waals surface area contributed by atoms with E-state index in [-0.39, 0.29) is 53.7 Å². The standard InChI is InChI=1S/C50H71N7O5S/c1-32-42(63-31-51-32)35-20-18-34(19-21-35)39(29-58)52-45(61)40-13-11-25-56(40)46(62)43(48(2,3)4)53-41(59)28-57-37-22-23-38(57)27-55(26-37)24-10-9-12-33-14-16-36(17-15-33)44(60)54-47-49(5,6)30-50(47,7)8/h14-21,31,37-40,43,47,58H,9-13,22-30H2,1-8H3,(H,52,61)(H,53,59)(H,54,60)/t37?,38?,39-,40-,43?/m0/s1. The van der Waals surface area contributed by atoms with Crippen molar-refractivity contribution in [2.24, 2.45) is 16.2 Å². The fraction of sp³-hybridized carbons (Fsp3) is 0.620. The Hall–Kier alpha value is -4.17. The number of hydrogen-bond acceptors (Lipinski definition) is 9. The second-order valence-electron chi connectivity index (χ2n) is 21.2. The number of carbonyl (C=O) groups excluding carboxylic acids is 4. The average Bonchev–Trinajstić information content (AvgIpc) is 3.96. The number of aliphatic hydroxyl groups is 1. The van der Waals surface area contributed by atoms with Gasteiger partial charge in [0.2, 0.25) is 17.7 Å². The minimum absolute atomic E-state index is 0.00797. The quantitative estimate of drug-likeness (QED) is 0.119. The van der Waals surface area contributed by atoms with Crippen molar-refractivity contribution in [1.29, 1.82) is 0 Å². The number of aliphatic hydroxyl groups excluding tert-OH is 1. The number of nitrogens with one attached hydrogen (secondary N) is 3. The first-order chi connectivity index (χ1) is 29.8. The smallest absolute Gasteiger partial charge is 0.251 e. The van der Waals surface area contributed by atoms with Gasteiger partial charge in [0.05, 0.1) is 35.3 Å². The molecule has 3 saturated heterocycles. The first-order valence-corrected chi connectivity index (χ1v) is 24.1. The lowest BCUT2D eigenvalue weighted by Crippen LogP contribution is -2.63. The molecule has 4 heterocycles. The van der Waals surface area contributed by atoms with Crippen LogP contribution in [0.25, 0.3) is 10.4 Å². The summed E-state index contributed by atoms with van der Waals surface area (Å²) >= 11 is 1.57. The molecule has 2 bridgehead atoms. The van der Waals surface area contributed by atoms with Crippen LogP contribution < -0.4 is 16.0 Å². The summed E-state index contributed by atoms with van der Waals surface area (Å²) in [5, 5.41) is 19.7. The molecule has 7 rings (SSSR count). The molecule has 1 saturated carbocycles. The molecule has 1 aromatic heterocycles. The van der Waals surface area contributed by atoms with Crippen LogP contribution in [0.1, 0.15) is 127 Å². The number of rotatable bonds is 16. The zero-order valence-electron chi connectivity index (χ0n) is 38.8. The predicted molar refractivity (Wildman–Crippen MR) is 249 cm³/mol. The number of benzene rings is 2. The number of nitrogens with zero attached hydrogens (tertiary/aromatic N) is 4. The molecule has 4 amide bonds. The third-order valence-corrected chi connectivity index (χ3v) is 15.2. The number of carbonyl (C=O) groups is 4. The molecule has 5 atom stereocenters. The molecule has 4 fully saturated rings. The van der Waals surface area contributed by atoms with Crippen molar-refractivity contribution >= 4 is 35.0 Å². The van der Waals surface area contributed by atoms with Gasteiger partial charge < -0.3 is 30.9 Å². The first-order valence-electron chi connectivity index (χ1n) is 23.2. The van der Waals surface area contributed by atoms with Crippen LogP contribution >= 0.6 is 11.3 Å². The highest BCUT2D eigenvalue weighted by atomic mass is 32.1. The number of aryl methyl sites for hydroxylation is 2. The van der Waals surface area contributed by atoms with E-state index in [0.717, 1.165) is 85.4 Å². The summed E-state index contributed by atoms with van der Waals surface area (Å²) in [5.41, 5.74) is 6.20. The van der Waals surface area contributed by atoms with Crippen molar-refractivity contribution in [3.8, 4) is 10.4 Å². The number of unbranched alkanes of at least 4 members (excludes halogenated alkanes) is 1. The van der Waals surface area contributed by atoms with Crippen molar-refractivity contribution in [1.82, 2.24) is 35.6 Å². The summed E-state index contributed by atoms with van der Waals surface area (Å²) in [4.78, 5) is 66.9. The van der Waals surface area contributed by atoms with Gasteiger partial charge in [0, 0.05) is 43.3 Å². The maximum Gasteiger partial charge on any atom is 0.251 e. The molecule has 0 spiro atoms. The summed E-state index contributed by atoms with van der Waals surface area (Å²) in [6, 6.07) is 14.5. The second kappa shape index (κ2) is 19.1. The maximum absolute atomic E-state index is 14.3. The third-order valence-electron chi connectivity index (χ3n) is 14.3. The summed E-state index contributed by atoms with van der Waals surface area (Å²) in [5.74, 6) is -0.702. The summed E-state index contributed by atoms with van der Waals surface area (Å²) in [6.45, 7) is 20.0. The van der Waals surface area contributed by atoms with E-state index in [1.807, 2.05) is 69.6 Å². The van der Waals surface area contributed by atoms with Crippen molar-refractivity contribution in [3.05, 3.63) is 76.4 Å². The zero-order valence-corrected chi connectivity index (χ0v) is 39.7. The Morgan fingerprint density at radius 1 is 0.905 bits per heavy atom. The minimum atomic E-state index is -0.797. The number of likely N-dealkylation sites (tertiary alicyclic amines) is 2. The number of fused-ring (bicyclic) bond motifs is 2. The number of thiazole rings is 1. The highest BCUT2D eigenvalue weighted by molar-refractivity contribution is 7.13. The first kappa shape index (κ1) is 46.8. The van der Waals surface area contributed by atoms with Crippen LogP contribution in [0.3, 0.4) is 0 Å². The van der Waals surface area contributed by atoms with Crippen molar-refractivity contribution in [2.75, 3.05) is 39.3 Å². The molecular formula is C50H71N7O5S. The molecule has 4 N–H and O–H groups in total. The monoisotopic (exact) mass is 882 g/mol. The predicted octanol–water partition coefficient (Wildman–Crippen LogP) is 6.52. The van der Waals surface area contributed by atoms with E-state index in [9.17, 15) is 24.3 Å². The highest BCUT2D eigenvalue weighted by Crippen LogP contribution is 2.53. The van der Waals surface area contributed by atoms with Gasteiger partial charge in [0.15, 0.2) is 0 Å². The van der Waals surface area contributed by atoms with Crippen molar-refractivity contribution in [2.45, 2.75) is 143 Å². The molecule has 0 radical (unpaired) electrons. The lowest BCUT2D eigenvalue weighted by Gasteiger charge is -2.57. The number of aromatic nitrogens is 1. The molecule has 1 aliphatic carbocycles. The van der Waals surface area contributed by atoms with Gasteiger partial charge in [-0.1, -0.05) is 84.9 Å². The molecule has 63 heavy (non-hydrogen) atoms. The Labute approximate surface area is 379 Å². The Kier molecular flexibility index (Phi) is 14.2. The van der Waals surface area contributed by atoms with Gasteiger partial charge in [0.25, 0.3) is 5.91 Å². The lowest BCUT2D eigenvalue weighted by molar-refractivity contribution is -0.144. The van der Waals surface area contributed by atoms with E-state index < -0.39 is 23.5 Å². The molecule has 3 aromatic rings. The number of piperazine rings is 1. The Bertz CT molecular complexity index is 2070. The minimum Gasteiger partial charge on any atom is -0.394 e. The molecule has 3 unspecified atom stereocenters. The van der Waals surface area contributed by atoms with E-state index in [2.05, 4.69) is 70.6 Å². The largest absolute Gasteiger partial charge is 0.394 e. The fourth-order valence-electron chi connectivity index (χ4n) is 11.4. The van der Waals surface area contributed by atoms with Gasteiger partial charge in [0.1, 0.15) is 12.1 Å². The molecule has 12 nitrogen and oxygen atoms in total. The molecule has 342 valence electrons. The molecule has 3 aliphatic heterocycles. The zero-order chi connectivity index (χ0) is 45.3. The van der Waals surface area contributed by atoms with Crippen LogP contribution in [-0.2, 0) is 20.8 Å². The SMILES string of the molecule is Cc1ncsc1-c1ccc([C@H](CO)NC(=O)[C@@H]2CCCN2C(=O)C(NC(=O)CN2C3CCC2CN(CCCCc2ccc(C(=O)NC4C(C)(C)CC4(C)C)cc2)C3)C(C)(C)C)cc1.